The summed E-state index contributed by atoms with van der Waals surface area (Å²) in [5.74, 6) is -0.148. The molecule has 28 heavy (non-hydrogen) atoms. The maximum atomic E-state index is 13.0. The van der Waals surface area contributed by atoms with Gasteiger partial charge >= 0.3 is 0 Å². The molecule has 0 radical (unpaired) electrons. The third-order valence-corrected chi connectivity index (χ3v) is 5.11. The van der Waals surface area contributed by atoms with Crippen LogP contribution in [-0.4, -0.2) is 48.4 Å². The Morgan fingerprint density at radius 3 is 2.64 bits per heavy atom. The number of pyridine rings is 1. The van der Waals surface area contributed by atoms with E-state index in [-0.39, 0.29) is 23.2 Å². The molecule has 8 nitrogen and oxygen atoms in total. The quantitative estimate of drug-likeness (QED) is 0.709. The lowest BCUT2D eigenvalue weighted by atomic mass is 10.2. The van der Waals surface area contributed by atoms with Gasteiger partial charge in [-0.3, -0.25) is 19.3 Å². The lowest BCUT2D eigenvalue weighted by Crippen LogP contribution is -2.41. The second-order valence-electron chi connectivity index (χ2n) is 6.94. The minimum absolute atomic E-state index is 0.148. The van der Waals surface area contributed by atoms with Crippen molar-refractivity contribution in [1.82, 2.24) is 29.9 Å². The van der Waals surface area contributed by atoms with Gasteiger partial charge < -0.3 is 4.90 Å². The van der Waals surface area contributed by atoms with E-state index in [0.29, 0.717) is 13.1 Å². The second kappa shape index (κ2) is 8.16. The highest BCUT2D eigenvalue weighted by Gasteiger charge is 2.28. The highest BCUT2D eigenvalue weighted by atomic mass is 16.2. The smallest absolute Gasteiger partial charge is 0.274 e. The summed E-state index contributed by atoms with van der Waals surface area (Å²) in [5, 5.41) is 10.9. The molecule has 0 aliphatic heterocycles. The van der Waals surface area contributed by atoms with Gasteiger partial charge in [0, 0.05) is 42.8 Å². The zero-order valence-corrected chi connectivity index (χ0v) is 15.5. The van der Waals surface area contributed by atoms with Crippen molar-refractivity contribution in [3.8, 4) is 11.3 Å². The van der Waals surface area contributed by atoms with E-state index in [2.05, 4.69) is 20.3 Å². The van der Waals surface area contributed by atoms with Gasteiger partial charge in [-0.05, 0) is 37.1 Å². The van der Waals surface area contributed by atoms with Gasteiger partial charge in [-0.15, -0.1) is 0 Å². The number of H-pyrrole nitrogens is 1. The van der Waals surface area contributed by atoms with Gasteiger partial charge in [0.15, 0.2) is 0 Å². The van der Waals surface area contributed by atoms with Gasteiger partial charge in [-0.1, -0.05) is 12.8 Å². The van der Waals surface area contributed by atoms with Crippen LogP contribution in [0, 0.1) is 0 Å². The molecule has 0 unspecified atom stereocenters. The van der Waals surface area contributed by atoms with Crippen LogP contribution in [0.25, 0.3) is 11.3 Å². The third kappa shape index (κ3) is 4.00. The van der Waals surface area contributed by atoms with E-state index in [9.17, 15) is 9.59 Å². The highest BCUT2D eigenvalue weighted by Crippen LogP contribution is 2.24. The first kappa shape index (κ1) is 18.1. The fourth-order valence-corrected chi connectivity index (χ4v) is 3.65. The Balaban J connectivity index is 1.49. The summed E-state index contributed by atoms with van der Waals surface area (Å²) in [6.45, 7) is 1.14. The number of hydrogen-bond acceptors (Lipinski definition) is 5. The molecular formula is C20H22N6O2. The predicted molar refractivity (Wildman–Crippen MR) is 104 cm³/mol. The van der Waals surface area contributed by atoms with E-state index in [4.69, 9.17) is 0 Å². The summed E-state index contributed by atoms with van der Waals surface area (Å²) in [5.41, 5.74) is 1.84. The summed E-state index contributed by atoms with van der Waals surface area (Å²) in [6, 6.07) is 8.82. The number of nitrogens with one attached hydrogen (secondary N) is 1. The molecule has 1 aliphatic rings. The van der Waals surface area contributed by atoms with Crippen molar-refractivity contribution in [3.63, 3.8) is 0 Å². The first-order chi connectivity index (χ1) is 13.7. The number of hydrogen-bond donors (Lipinski definition) is 1. The van der Waals surface area contributed by atoms with Gasteiger partial charge in [-0.25, -0.2) is 5.10 Å². The van der Waals surface area contributed by atoms with Gasteiger partial charge in [0.05, 0.1) is 12.2 Å². The van der Waals surface area contributed by atoms with Crippen molar-refractivity contribution in [2.45, 2.75) is 38.3 Å². The number of nitrogens with zero attached hydrogens (tertiary/aromatic N) is 5. The molecule has 1 N–H and O–H groups in total. The van der Waals surface area contributed by atoms with E-state index in [0.717, 1.165) is 36.9 Å². The first-order valence-corrected chi connectivity index (χ1v) is 9.51. The summed E-state index contributed by atoms with van der Waals surface area (Å²) >= 11 is 0. The van der Waals surface area contributed by atoms with Crippen LogP contribution in [0.1, 0.15) is 36.2 Å². The summed E-state index contributed by atoms with van der Waals surface area (Å²) in [7, 11) is 0. The molecule has 4 rings (SSSR count). The first-order valence-electron chi connectivity index (χ1n) is 9.51. The van der Waals surface area contributed by atoms with Crippen LogP contribution in [0.4, 0.5) is 0 Å². The Labute approximate surface area is 162 Å². The fourth-order valence-electron chi connectivity index (χ4n) is 3.65. The lowest BCUT2D eigenvalue weighted by molar-refractivity contribution is 0.0664. The number of aromatic nitrogens is 5. The maximum Gasteiger partial charge on any atom is 0.274 e. The third-order valence-electron chi connectivity index (χ3n) is 5.11. The Morgan fingerprint density at radius 1 is 1.14 bits per heavy atom. The number of carbonyl (C=O) groups is 1. The van der Waals surface area contributed by atoms with Crippen molar-refractivity contribution < 1.29 is 4.79 Å². The van der Waals surface area contributed by atoms with E-state index in [1.165, 1.54) is 12.1 Å². The predicted octanol–water partition coefficient (Wildman–Crippen LogP) is 2.11. The van der Waals surface area contributed by atoms with Crippen molar-refractivity contribution in [1.29, 1.82) is 0 Å². The molecule has 1 saturated carbocycles. The number of rotatable bonds is 6. The van der Waals surface area contributed by atoms with Crippen molar-refractivity contribution in [3.05, 3.63) is 65.0 Å². The molecule has 0 atom stereocenters. The second-order valence-corrected chi connectivity index (χ2v) is 6.94. The van der Waals surface area contributed by atoms with Gasteiger partial charge in [0.1, 0.15) is 5.69 Å². The Morgan fingerprint density at radius 2 is 1.93 bits per heavy atom. The number of aromatic amines is 1. The summed E-state index contributed by atoms with van der Waals surface area (Å²) < 4.78 is 1.85. The Kier molecular flexibility index (Phi) is 5.27. The molecule has 144 valence electrons. The molecule has 0 aromatic carbocycles. The molecular weight excluding hydrogens is 356 g/mol. The molecule has 0 bridgehead atoms. The molecule has 1 aliphatic carbocycles. The Bertz CT molecular complexity index is 971. The molecule has 1 amide bonds. The zero-order chi connectivity index (χ0) is 19.3. The van der Waals surface area contributed by atoms with Crippen LogP contribution in [0.3, 0.4) is 0 Å². The van der Waals surface area contributed by atoms with E-state index < -0.39 is 0 Å². The minimum Gasteiger partial charge on any atom is -0.332 e. The van der Waals surface area contributed by atoms with E-state index in [1.807, 2.05) is 34.0 Å². The van der Waals surface area contributed by atoms with Crippen LogP contribution in [0.2, 0.25) is 0 Å². The van der Waals surface area contributed by atoms with Crippen LogP contribution < -0.4 is 5.56 Å². The average molecular weight is 378 g/mol. The zero-order valence-electron chi connectivity index (χ0n) is 15.5. The molecule has 3 aromatic rings. The molecule has 3 heterocycles. The van der Waals surface area contributed by atoms with Crippen LogP contribution >= 0.6 is 0 Å². The van der Waals surface area contributed by atoms with Crippen molar-refractivity contribution >= 4 is 5.91 Å². The van der Waals surface area contributed by atoms with Gasteiger partial charge in [0.25, 0.3) is 11.5 Å². The standard InChI is InChI=1S/C20H22N6O2/c27-19-6-5-18(22-23-19)20(28)26(16-3-1-2-4-16)14-13-25-12-9-17(24-25)15-7-10-21-11-8-15/h5-12,16H,1-4,13-14H2,(H,23,27). The van der Waals surface area contributed by atoms with Crippen LogP contribution in [0.15, 0.2) is 53.7 Å². The molecule has 8 heteroatoms. The van der Waals surface area contributed by atoms with Gasteiger partial charge in [-0.2, -0.15) is 10.2 Å². The largest absolute Gasteiger partial charge is 0.332 e. The average Bonchev–Trinajstić information content (AvgIpc) is 3.42. The summed E-state index contributed by atoms with van der Waals surface area (Å²) in [6.07, 6.45) is 9.65. The van der Waals surface area contributed by atoms with Gasteiger partial charge in [0.2, 0.25) is 0 Å². The monoisotopic (exact) mass is 378 g/mol. The highest BCUT2D eigenvalue weighted by molar-refractivity contribution is 5.92. The summed E-state index contributed by atoms with van der Waals surface area (Å²) in [4.78, 5) is 30.1. The van der Waals surface area contributed by atoms with Crippen LogP contribution in [-0.2, 0) is 6.54 Å². The van der Waals surface area contributed by atoms with Crippen molar-refractivity contribution in [2.75, 3.05) is 6.54 Å². The van der Waals surface area contributed by atoms with Crippen LogP contribution in [0.5, 0.6) is 0 Å². The topological polar surface area (TPSA) is 96.8 Å². The Hall–Kier alpha value is -3.29. The molecule has 0 saturated heterocycles. The molecule has 1 fully saturated rings. The fraction of sp³-hybridized carbons (Fsp3) is 0.350. The number of amides is 1. The van der Waals surface area contributed by atoms with Crippen molar-refractivity contribution in [2.24, 2.45) is 0 Å². The molecule has 3 aromatic heterocycles. The maximum absolute atomic E-state index is 13.0. The minimum atomic E-state index is -0.316. The lowest BCUT2D eigenvalue weighted by Gasteiger charge is -2.28. The number of carbonyl (C=O) groups excluding carboxylic acids is 1. The SMILES string of the molecule is O=C(c1ccc(=O)[nH]n1)N(CCn1ccc(-c2ccncc2)n1)C1CCCC1. The molecule has 0 spiro atoms. The van der Waals surface area contributed by atoms with E-state index >= 15 is 0 Å². The van der Waals surface area contributed by atoms with E-state index in [1.54, 1.807) is 12.4 Å². The normalized spacial score (nSPS) is 14.3.